The summed E-state index contributed by atoms with van der Waals surface area (Å²) in [5.41, 5.74) is 1.79. The van der Waals surface area contributed by atoms with Gasteiger partial charge >= 0.3 is 0 Å². The number of fused-ring (bicyclic) bond motifs is 1. The normalized spacial score (nSPS) is 19.2. The second kappa shape index (κ2) is 2.68. The standard InChI is InChI=1S/C8H7ClN2O/c9-5-1-2-6-7(3-5)11-8(4-12)10-6/h1-4,8,10-11H. The smallest absolute Gasteiger partial charge is 0.162 e. The Kier molecular flexibility index (Phi) is 1.66. The van der Waals surface area contributed by atoms with Crippen LogP contribution in [0.5, 0.6) is 0 Å². The van der Waals surface area contributed by atoms with Crippen molar-refractivity contribution in [2.45, 2.75) is 6.17 Å². The van der Waals surface area contributed by atoms with E-state index in [1.54, 1.807) is 12.1 Å². The summed E-state index contributed by atoms with van der Waals surface area (Å²) in [5, 5.41) is 6.60. The van der Waals surface area contributed by atoms with Crippen LogP contribution in [0.25, 0.3) is 0 Å². The van der Waals surface area contributed by atoms with Gasteiger partial charge < -0.3 is 10.6 Å². The van der Waals surface area contributed by atoms with Crippen LogP contribution >= 0.6 is 11.6 Å². The Labute approximate surface area is 74.7 Å². The Morgan fingerprint density at radius 1 is 1.33 bits per heavy atom. The van der Waals surface area contributed by atoms with Gasteiger partial charge in [0, 0.05) is 5.02 Å². The average Bonchev–Trinajstić information content (AvgIpc) is 2.46. The Hall–Kier alpha value is -1.22. The van der Waals surface area contributed by atoms with E-state index in [2.05, 4.69) is 10.6 Å². The predicted molar refractivity (Wildman–Crippen MR) is 48.5 cm³/mol. The molecule has 1 heterocycles. The summed E-state index contributed by atoms with van der Waals surface area (Å²) in [6, 6.07) is 5.41. The Balaban J connectivity index is 2.35. The molecule has 1 aliphatic heterocycles. The lowest BCUT2D eigenvalue weighted by Crippen LogP contribution is -2.22. The molecule has 0 amide bonds. The van der Waals surface area contributed by atoms with Crippen LogP contribution in [0.2, 0.25) is 5.02 Å². The molecule has 0 aromatic heterocycles. The maximum Gasteiger partial charge on any atom is 0.162 e. The minimum Gasteiger partial charge on any atom is -0.358 e. The Morgan fingerprint density at radius 2 is 2.08 bits per heavy atom. The predicted octanol–water partition coefficient (Wildman–Crippen LogP) is 1.70. The topological polar surface area (TPSA) is 41.1 Å². The van der Waals surface area contributed by atoms with Crippen LogP contribution in [0.1, 0.15) is 0 Å². The summed E-state index contributed by atoms with van der Waals surface area (Å²) in [6.45, 7) is 0. The van der Waals surface area contributed by atoms with Gasteiger partial charge in [-0.25, -0.2) is 0 Å². The van der Waals surface area contributed by atoms with Gasteiger partial charge in [-0.15, -0.1) is 0 Å². The molecular weight excluding hydrogens is 176 g/mol. The minimum atomic E-state index is -0.321. The van der Waals surface area contributed by atoms with E-state index < -0.39 is 0 Å². The van der Waals surface area contributed by atoms with E-state index in [-0.39, 0.29) is 6.17 Å². The van der Waals surface area contributed by atoms with Crippen LogP contribution in [0.4, 0.5) is 11.4 Å². The number of anilines is 2. The quantitative estimate of drug-likeness (QED) is 0.650. The zero-order valence-electron chi connectivity index (χ0n) is 6.17. The number of halogens is 1. The van der Waals surface area contributed by atoms with Crippen molar-refractivity contribution in [3.8, 4) is 0 Å². The molecule has 1 atom stereocenters. The number of benzene rings is 1. The molecule has 2 N–H and O–H groups in total. The summed E-state index contributed by atoms with van der Waals surface area (Å²) in [4.78, 5) is 10.4. The molecule has 12 heavy (non-hydrogen) atoms. The number of carbonyl (C=O) groups excluding carboxylic acids is 1. The average molecular weight is 183 g/mol. The highest BCUT2D eigenvalue weighted by Crippen LogP contribution is 2.30. The van der Waals surface area contributed by atoms with Crippen molar-refractivity contribution >= 4 is 29.3 Å². The van der Waals surface area contributed by atoms with E-state index >= 15 is 0 Å². The van der Waals surface area contributed by atoms with Gasteiger partial charge in [0.15, 0.2) is 12.5 Å². The van der Waals surface area contributed by atoms with Crippen molar-refractivity contribution < 1.29 is 4.79 Å². The first-order valence-corrected chi connectivity index (χ1v) is 3.95. The van der Waals surface area contributed by atoms with Crippen LogP contribution in [0, 0.1) is 0 Å². The molecule has 2 rings (SSSR count). The molecule has 0 saturated carbocycles. The molecule has 0 radical (unpaired) electrons. The van der Waals surface area contributed by atoms with Crippen LogP contribution in [-0.2, 0) is 4.79 Å². The van der Waals surface area contributed by atoms with E-state index in [1.807, 2.05) is 6.07 Å². The summed E-state index contributed by atoms with van der Waals surface area (Å²) in [5.74, 6) is 0. The maximum atomic E-state index is 10.4. The largest absolute Gasteiger partial charge is 0.358 e. The van der Waals surface area contributed by atoms with Crippen LogP contribution in [-0.4, -0.2) is 12.5 Å². The molecule has 1 aromatic carbocycles. The van der Waals surface area contributed by atoms with Crippen LogP contribution in [0.15, 0.2) is 18.2 Å². The second-order valence-corrected chi connectivity index (χ2v) is 3.03. The fourth-order valence-electron chi connectivity index (χ4n) is 1.20. The highest BCUT2D eigenvalue weighted by atomic mass is 35.5. The third-order valence-corrected chi connectivity index (χ3v) is 1.97. The number of carbonyl (C=O) groups is 1. The molecule has 3 nitrogen and oxygen atoms in total. The Morgan fingerprint density at radius 3 is 2.83 bits per heavy atom. The van der Waals surface area contributed by atoms with Crippen molar-refractivity contribution in [3.05, 3.63) is 23.2 Å². The van der Waals surface area contributed by atoms with Crippen molar-refractivity contribution in [1.29, 1.82) is 0 Å². The van der Waals surface area contributed by atoms with Gasteiger partial charge in [0.05, 0.1) is 11.4 Å². The second-order valence-electron chi connectivity index (χ2n) is 2.59. The van der Waals surface area contributed by atoms with Crippen molar-refractivity contribution in [2.24, 2.45) is 0 Å². The zero-order valence-corrected chi connectivity index (χ0v) is 6.93. The number of aldehydes is 1. The number of hydrogen-bond acceptors (Lipinski definition) is 3. The first-order valence-electron chi connectivity index (χ1n) is 3.57. The van der Waals surface area contributed by atoms with E-state index in [9.17, 15) is 4.79 Å². The highest BCUT2D eigenvalue weighted by Gasteiger charge is 2.17. The summed E-state index contributed by atoms with van der Waals surface area (Å²) in [6.07, 6.45) is 0.493. The van der Waals surface area contributed by atoms with Gasteiger partial charge in [0.1, 0.15) is 0 Å². The highest BCUT2D eigenvalue weighted by molar-refractivity contribution is 6.31. The lowest BCUT2D eigenvalue weighted by Gasteiger charge is -2.00. The van der Waals surface area contributed by atoms with Gasteiger partial charge in [-0.1, -0.05) is 11.6 Å². The third-order valence-electron chi connectivity index (χ3n) is 1.74. The van der Waals surface area contributed by atoms with Crippen molar-refractivity contribution in [2.75, 3.05) is 10.6 Å². The lowest BCUT2D eigenvalue weighted by atomic mass is 10.3. The summed E-state index contributed by atoms with van der Waals surface area (Å²) < 4.78 is 0. The number of hydrogen-bond donors (Lipinski definition) is 2. The summed E-state index contributed by atoms with van der Waals surface area (Å²) in [7, 11) is 0. The Bertz CT molecular complexity index is 327. The van der Waals surface area contributed by atoms with Gasteiger partial charge in [0.2, 0.25) is 0 Å². The van der Waals surface area contributed by atoms with Crippen molar-refractivity contribution in [1.82, 2.24) is 0 Å². The fourth-order valence-corrected chi connectivity index (χ4v) is 1.37. The molecule has 0 spiro atoms. The SMILES string of the molecule is O=CC1Nc2ccc(Cl)cc2N1. The lowest BCUT2D eigenvalue weighted by molar-refractivity contribution is -0.107. The molecule has 0 aliphatic carbocycles. The van der Waals surface area contributed by atoms with Gasteiger partial charge in [0.25, 0.3) is 0 Å². The zero-order chi connectivity index (χ0) is 8.55. The fraction of sp³-hybridized carbons (Fsp3) is 0.125. The molecule has 0 fully saturated rings. The molecule has 0 bridgehead atoms. The van der Waals surface area contributed by atoms with Gasteiger partial charge in [-0.05, 0) is 18.2 Å². The molecule has 4 heteroatoms. The van der Waals surface area contributed by atoms with Crippen molar-refractivity contribution in [3.63, 3.8) is 0 Å². The van der Waals surface area contributed by atoms with Crippen LogP contribution < -0.4 is 10.6 Å². The third kappa shape index (κ3) is 1.12. The molecule has 62 valence electrons. The van der Waals surface area contributed by atoms with Gasteiger partial charge in [-0.2, -0.15) is 0 Å². The van der Waals surface area contributed by atoms with Crippen LogP contribution in [0.3, 0.4) is 0 Å². The maximum absolute atomic E-state index is 10.4. The molecule has 1 aromatic rings. The van der Waals surface area contributed by atoms with E-state index in [0.29, 0.717) is 5.02 Å². The molecule has 1 aliphatic rings. The van der Waals surface area contributed by atoms with E-state index in [0.717, 1.165) is 17.7 Å². The monoisotopic (exact) mass is 182 g/mol. The molecule has 1 unspecified atom stereocenters. The number of rotatable bonds is 1. The van der Waals surface area contributed by atoms with E-state index in [1.165, 1.54) is 0 Å². The minimum absolute atomic E-state index is 0.321. The number of nitrogens with one attached hydrogen (secondary N) is 2. The first kappa shape index (κ1) is 7.43. The molecular formula is C8H7ClN2O. The molecule has 0 saturated heterocycles. The van der Waals surface area contributed by atoms with E-state index in [4.69, 9.17) is 11.6 Å². The summed E-state index contributed by atoms with van der Waals surface area (Å²) >= 11 is 5.76. The first-order chi connectivity index (χ1) is 5.79. The van der Waals surface area contributed by atoms with Gasteiger partial charge in [-0.3, -0.25) is 4.79 Å².